The normalized spacial score (nSPS) is 16.2. The Balaban J connectivity index is 15.5. The Morgan fingerprint density at radius 2 is 0.566 bits per heavy atom. The van der Waals surface area contributed by atoms with Crippen LogP contribution in [0.25, 0.3) is 0 Å². The Morgan fingerprint density at radius 3 is 0.818 bits per heavy atom. The predicted octanol–water partition coefficient (Wildman–Crippen LogP) is -29.0. The van der Waals surface area contributed by atoms with Crippen molar-refractivity contribution in [1.82, 2.24) is 0 Å². The molecule has 0 bridgehead atoms. The summed E-state index contributed by atoms with van der Waals surface area (Å²) in [4.78, 5) is 348. The summed E-state index contributed by atoms with van der Waals surface area (Å²) < 4.78 is 109. The Bertz CT molecular complexity index is 2210. The number of rotatable bonds is 62. The van der Waals surface area contributed by atoms with E-state index in [1.807, 2.05) is 0 Å². The van der Waals surface area contributed by atoms with Crippen molar-refractivity contribution in [2.75, 3.05) is 0 Å². The lowest BCUT2D eigenvalue weighted by atomic mass is 11.3. The van der Waals surface area contributed by atoms with E-state index in [0.29, 0.717) is 5.70 Å². The molecule has 0 aromatic heterocycles. The van der Waals surface area contributed by atoms with Crippen LogP contribution in [0.3, 0.4) is 0 Å². The molecule has 0 aromatic rings. The number of hydrogen-bond donors (Lipinski definition) is 28. The highest BCUT2D eigenvalue weighted by Crippen LogP contribution is 2.56. The zero-order chi connectivity index (χ0) is 77.0. The first-order valence-electron chi connectivity index (χ1n) is 24.2. The van der Waals surface area contributed by atoms with Gasteiger partial charge >= 0.3 is 137 Å². The van der Waals surface area contributed by atoms with Gasteiger partial charge in [-0.1, -0.05) is 11.4 Å². The minimum atomic E-state index is -8.59. The Kier molecular flexibility index (Phi) is 51.9. The molecular weight excluding hydrogens is 2090 g/mol. The maximum atomic E-state index is 14.4. The Morgan fingerprint density at radius 1 is 0.293 bits per heavy atom. The van der Waals surface area contributed by atoms with Crippen LogP contribution >= 0.6 is 0 Å². The lowest BCUT2D eigenvalue weighted by Crippen LogP contribution is -3.16. The van der Waals surface area contributed by atoms with E-state index < -0.39 is 391 Å². The summed E-state index contributed by atoms with van der Waals surface area (Å²) in [6.07, 6.45) is 0. The van der Waals surface area contributed by atoms with Crippen molar-refractivity contribution in [3.05, 3.63) is 24.6 Å². The largest absolute Gasteiger partial charge is 0.457 e. The molecule has 0 aliphatic carbocycles. The van der Waals surface area contributed by atoms with Crippen molar-refractivity contribution in [1.29, 1.82) is 0 Å². The first kappa shape index (κ1) is 106. The lowest BCUT2D eigenvalue weighted by molar-refractivity contribution is 0.292. The van der Waals surface area contributed by atoms with Crippen molar-refractivity contribution in [2.45, 2.75) is 39.3 Å². The zero-order valence-electron chi connectivity index (χ0n) is 50.1. The maximum absolute atomic E-state index is 14.4. The second kappa shape index (κ2) is 48.2. The standard InChI is InChI=1S/C10H52O44Si45/c1-9-83(38)97(47-63-19,96(80-36,81-37)48-82(3)4)99(95(78-34,79-35)46-62-18,53-88(68-24,69-25)41-57-13)90(50-85(7,8)49-84(5,6)10-2,98(93(74-30,75-31)44-60-16,94(76-32,77-33)45-61-17)52-87(66-22,67-23)40-56-12)54-89(91(70-26,71-27)42-58-14,92(72-28,73-29)43-59-15)51-86(64-20,65-21)39-55-11/h9-38H,1-2H2,3-8H3. The fourth-order valence-corrected chi connectivity index (χ4v) is 594. The van der Waals surface area contributed by atoms with E-state index in [9.17, 15) is 134 Å². The molecule has 0 saturated carbocycles. The maximum Gasteiger partial charge on any atom is 0.420 e. The fraction of sp³-hybridized carbons (Fsp3) is 0.600. The van der Waals surface area contributed by atoms with Crippen molar-refractivity contribution in [3.8, 4) is 0 Å². The van der Waals surface area contributed by atoms with E-state index in [1.54, 1.807) is 0 Å². The Hall–Kier alpha value is 7.48. The minimum absolute atomic E-state index is 0.561. The predicted molar refractivity (Wildman–Crippen MR) is 394 cm³/mol. The van der Waals surface area contributed by atoms with E-state index >= 15 is 0 Å². The zero-order valence-corrected chi connectivity index (χ0v) is 95.1. The lowest BCUT2D eigenvalue weighted by Gasteiger charge is -2.72. The molecule has 0 aromatic carbocycles. The van der Waals surface area contributed by atoms with E-state index in [0.717, 1.165) is 13.1 Å². The van der Waals surface area contributed by atoms with Gasteiger partial charge in [0, 0.05) is 0 Å². The van der Waals surface area contributed by atoms with Gasteiger partial charge in [-0.15, -0.1) is 13.2 Å². The van der Waals surface area contributed by atoms with Gasteiger partial charge in [0.2, 0.25) is 154 Å². The van der Waals surface area contributed by atoms with Gasteiger partial charge in [0.05, 0.1) is 0 Å². The molecule has 0 aliphatic rings. The highest BCUT2D eigenvalue weighted by atomic mass is 30.5. The van der Waals surface area contributed by atoms with Gasteiger partial charge in [-0.3, -0.25) is 0 Å². The third-order valence-corrected chi connectivity index (χ3v) is 348. The van der Waals surface area contributed by atoms with Crippen molar-refractivity contribution >= 4 is 391 Å². The van der Waals surface area contributed by atoms with Gasteiger partial charge in [-0.05, 0) is 39.3 Å². The topological polar surface area (TPSA) is 714 Å². The van der Waals surface area contributed by atoms with E-state index in [4.69, 9.17) is 65.8 Å². The van der Waals surface area contributed by atoms with Crippen LogP contribution in [0.2, 0.25) is 39.3 Å². The molecule has 536 valence electrons. The van der Waals surface area contributed by atoms with Gasteiger partial charge < -0.3 is 200 Å². The second-order valence-corrected chi connectivity index (χ2v) is 203. The van der Waals surface area contributed by atoms with Gasteiger partial charge in [-0.2, -0.15) is 0 Å². The molecule has 3 unspecified atom stereocenters. The average Bonchev–Trinajstić information content (AvgIpc) is 0.633. The molecule has 89 heteroatoms. The SMILES string of the molecule is C=C[Si](O)[Si](O[Si]O)([Si](O[Si](C)C)([Si]O)[Si]O)[Si](O[Si](O[Si]O)([Si]O)[Si]O)([Si](O[Si]O)([Si]O)[Si]O)[Si](O[Si](C)(C)O[Si](C)(C)C=C)(O[Si](O[Si](O[Si]O)([Si]O)[Si]O)([Si](O[Si]O)([Si]O)[Si]O)[Si](O[Si]O)([Si]O)[Si]O)[Si](O[Si](O[Si]O)([Si]O)[Si]O)([Si](O[Si]O)([Si]O)[Si]O)[Si](O[Si]O)([Si]O)[Si]O. The molecule has 99 heavy (non-hydrogen) atoms. The summed E-state index contributed by atoms with van der Waals surface area (Å²) in [7, 11) is -115. The van der Waals surface area contributed by atoms with Crippen molar-refractivity contribution in [2.24, 2.45) is 0 Å². The fourth-order valence-electron chi connectivity index (χ4n) is 8.87. The second-order valence-electron chi connectivity index (χ2n) is 18.4. The van der Waals surface area contributed by atoms with Crippen LogP contribution in [0.1, 0.15) is 0 Å². The first-order valence-corrected chi connectivity index (χ1v) is 113. The van der Waals surface area contributed by atoms with Crippen LogP contribution in [0.5, 0.6) is 0 Å². The van der Waals surface area contributed by atoms with Crippen LogP contribution in [0.4, 0.5) is 0 Å². The molecule has 56 radical (unpaired) electrons. The molecule has 0 amide bonds. The highest BCUT2D eigenvalue weighted by molar-refractivity contribution is 8.27. The average molecular weight is 2140 g/mol. The third kappa shape index (κ3) is 21.3. The monoisotopic (exact) mass is 2140 g/mol. The molecule has 0 aliphatic heterocycles. The summed E-state index contributed by atoms with van der Waals surface area (Å²) in [6.45, 7) is -47.9. The molecule has 3 atom stereocenters. The molecular formula is C10H52O44Si45. The van der Waals surface area contributed by atoms with Crippen molar-refractivity contribution in [3.63, 3.8) is 0 Å². The molecule has 0 rings (SSSR count). The molecule has 28 N–H and O–H groups in total. The summed E-state index contributed by atoms with van der Waals surface area (Å²) in [6, 6.07) is 0. The van der Waals surface area contributed by atoms with Gasteiger partial charge in [0.15, 0.2) is 17.4 Å². The molecule has 0 saturated heterocycles. The highest BCUT2D eigenvalue weighted by Gasteiger charge is 3.03. The third-order valence-electron chi connectivity index (χ3n) is 12.3. The van der Waals surface area contributed by atoms with Crippen LogP contribution in [0.15, 0.2) is 24.6 Å². The van der Waals surface area contributed by atoms with Gasteiger partial charge in [-0.25, -0.2) is 0 Å². The minimum Gasteiger partial charge on any atom is -0.457 e. The van der Waals surface area contributed by atoms with E-state index in [-0.39, 0.29) is 0 Å². The van der Waals surface area contributed by atoms with E-state index in [2.05, 4.69) is 13.2 Å². The van der Waals surface area contributed by atoms with Crippen molar-refractivity contribution < 1.29 is 200 Å². The smallest absolute Gasteiger partial charge is 0.420 e. The van der Waals surface area contributed by atoms with Gasteiger partial charge in [0.1, 0.15) is 0 Å². The van der Waals surface area contributed by atoms with Crippen LogP contribution in [0, 0.1) is 0 Å². The summed E-state index contributed by atoms with van der Waals surface area (Å²) in [5.41, 5.74) is 1.77. The quantitative estimate of drug-likeness (QED) is 0.0251. The van der Waals surface area contributed by atoms with Crippen LogP contribution in [-0.2, 0) is 65.8 Å². The van der Waals surface area contributed by atoms with Crippen LogP contribution < -0.4 is 0 Å². The summed E-state index contributed by atoms with van der Waals surface area (Å²) >= 11 is 0. The Labute approximate surface area is 648 Å². The van der Waals surface area contributed by atoms with Gasteiger partial charge in [0.25, 0.3) is 83.2 Å². The molecule has 0 heterocycles. The summed E-state index contributed by atoms with van der Waals surface area (Å²) in [5, 5.41) is 0. The summed E-state index contributed by atoms with van der Waals surface area (Å²) in [5.74, 6) is 0. The molecule has 0 fully saturated rings. The van der Waals surface area contributed by atoms with Crippen LogP contribution in [-0.4, -0.2) is 526 Å². The molecule has 0 spiro atoms. The van der Waals surface area contributed by atoms with E-state index in [1.165, 1.54) is 31.9 Å². The first-order chi connectivity index (χ1) is 46.6. The number of hydrogen-bond acceptors (Lipinski definition) is 44. The molecule has 44 nitrogen and oxygen atoms in total.